The lowest BCUT2D eigenvalue weighted by Gasteiger charge is -2.38. The van der Waals surface area contributed by atoms with E-state index in [4.69, 9.17) is 4.74 Å². The highest BCUT2D eigenvalue weighted by atomic mass is 16.5. The Kier molecular flexibility index (Phi) is 6.68. The van der Waals surface area contributed by atoms with E-state index in [-0.39, 0.29) is 0 Å². The van der Waals surface area contributed by atoms with E-state index in [0.29, 0.717) is 12.1 Å². The Morgan fingerprint density at radius 1 is 1.19 bits per heavy atom. The van der Waals surface area contributed by atoms with E-state index in [0.717, 1.165) is 39.2 Å². The van der Waals surface area contributed by atoms with Gasteiger partial charge in [0.2, 0.25) is 0 Å². The molecule has 2 rings (SSSR count). The highest BCUT2D eigenvalue weighted by molar-refractivity contribution is 5.22. The molecule has 3 heteroatoms. The summed E-state index contributed by atoms with van der Waals surface area (Å²) < 4.78 is 5.77. The van der Waals surface area contributed by atoms with Gasteiger partial charge in [-0.3, -0.25) is 4.90 Å². The first-order valence-corrected chi connectivity index (χ1v) is 8.37. The fourth-order valence-electron chi connectivity index (χ4n) is 2.89. The first kappa shape index (κ1) is 16.5. The van der Waals surface area contributed by atoms with Crippen molar-refractivity contribution in [1.29, 1.82) is 0 Å². The van der Waals surface area contributed by atoms with Crippen LogP contribution in [0.15, 0.2) is 24.3 Å². The van der Waals surface area contributed by atoms with E-state index >= 15 is 0 Å². The minimum atomic E-state index is 0.352. The molecule has 0 saturated carbocycles. The third-order valence-electron chi connectivity index (χ3n) is 4.22. The van der Waals surface area contributed by atoms with Crippen LogP contribution in [0.4, 0.5) is 0 Å². The third kappa shape index (κ3) is 5.10. The van der Waals surface area contributed by atoms with Gasteiger partial charge in [0, 0.05) is 25.7 Å². The molecule has 0 spiro atoms. The lowest BCUT2D eigenvalue weighted by Crippen LogP contribution is -2.47. The Hall–Kier alpha value is -0.900. The van der Waals surface area contributed by atoms with Crippen LogP contribution in [0.25, 0.3) is 0 Å². The van der Waals surface area contributed by atoms with Gasteiger partial charge in [0.15, 0.2) is 0 Å². The molecule has 2 atom stereocenters. The van der Waals surface area contributed by atoms with Crippen molar-refractivity contribution in [2.45, 2.75) is 58.8 Å². The van der Waals surface area contributed by atoms with Crippen molar-refractivity contribution in [3.63, 3.8) is 0 Å². The zero-order valence-corrected chi connectivity index (χ0v) is 13.8. The van der Waals surface area contributed by atoms with Crippen LogP contribution in [-0.4, -0.2) is 36.7 Å². The fourth-order valence-corrected chi connectivity index (χ4v) is 2.89. The van der Waals surface area contributed by atoms with E-state index in [1.165, 1.54) is 17.5 Å². The third-order valence-corrected chi connectivity index (χ3v) is 4.22. The van der Waals surface area contributed by atoms with Crippen LogP contribution in [0.2, 0.25) is 0 Å². The maximum absolute atomic E-state index is 5.77. The maximum Gasteiger partial charge on any atom is 0.0674 e. The smallest absolute Gasteiger partial charge is 0.0674 e. The molecule has 1 heterocycles. The second kappa shape index (κ2) is 8.52. The Morgan fingerprint density at radius 3 is 2.57 bits per heavy atom. The summed E-state index contributed by atoms with van der Waals surface area (Å²) in [6.07, 6.45) is 2.70. The van der Waals surface area contributed by atoms with Gasteiger partial charge in [0.25, 0.3) is 0 Å². The molecule has 0 aromatic heterocycles. The Morgan fingerprint density at radius 2 is 1.90 bits per heavy atom. The van der Waals surface area contributed by atoms with Crippen molar-refractivity contribution in [3.05, 3.63) is 35.4 Å². The zero-order chi connectivity index (χ0) is 15.1. The summed E-state index contributed by atoms with van der Waals surface area (Å²) in [5.74, 6) is 0. The van der Waals surface area contributed by atoms with E-state index < -0.39 is 0 Å². The highest BCUT2D eigenvalue weighted by Gasteiger charge is 2.25. The van der Waals surface area contributed by atoms with Gasteiger partial charge in [0.1, 0.15) is 0 Å². The first-order chi connectivity index (χ1) is 10.2. The Bertz CT molecular complexity index is 404. The van der Waals surface area contributed by atoms with Crippen molar-refractivity contribution >= 4 is 0 Å². The van der Waals surface area contributed by atoms with Crippen LogP contribution >= 0.6 is 0 Å². The average Bonchev–Trinajstić information content (AvgIpc) is 2.50. The van der Waals surface area contributed by atoms with Crippen LogP contribution in [0, 0.1) is 0 Å². The summed E-state index contributed by atoms with van der Waals surface area (Å²) in [7, 11) is 0. The largest absolute Gasteiger partial charge is 0.376 e. The van der Waals surface area contributed by atoms with Crippen molar-refractivity contribution in [2.75, 3.05) is 19.7 Å². The Balaban J connectivity index is 1.89. The summed E-state index contributed by atoms with van der Waals surface area (Å²) in [5.41, 5.74) is 2.77. The monoisotopic (exact) mass is 290 g/mol. The number of morpholine rings is 1. The standard InChI is InChI=1S/C18H30N2O/c1-4-10-19-11-16-6-8-17(9-7-16)13-20-12-15(3)21-14-18(20)5-2/h6-9,15,18-19H,4-5,10-14H2,1-3H3. The first-order valence-electron chi connectivity index (χ1n) is 8.37. The van der Waals surface area contributed by atoms with Crippen molar-refractivity contribution in [3.8, 4) is 0 Å². The number of nitrogens with zero attached hydrogens (tertiary/aromatic N) is 1. The molecular formula is C18H30N2O. The molecule has 0 bridgehead atoms. The number of rotatable bonds is 7. The molecule has 1 N–H and O–H groups in total. The Labute approximate surface area is 129 Å². The van der Waals surface area contributed by atoms with Gasteiger partial charge in [-0.1, -0.05) is 38.1 Å². The minimum absolute atomic E-state index is 0.352. The molecule has 1 aromatic rings. The van der Waals surface area contributed by atoms with Gasteiger partial charge < -0.3 is 10.1 Å². The predicted molar refractivity (Wildman–Crippen MR) is 88.3 cm³/mol. The van der Waals surface area contributed by atoms with Crippen LogP contribution in [-0.2, 0) is 17.8 Å². The quantitative estimate of drug-likeness (QED) is 0.781. The molecule has 118 valence electrons. The van der Waals surface area contributed by atoms with Gasteiger partial charge in [0.05, 0.1) is 12.7 Å². The second-order valence-electron chi connectivity index (χ2n) is 6.13. The van der Waals surface area contributed by atoms with Crippen LogP contribution < -0.4 is 5.32 Å². The number of benzene rings is 1. The van der Waals surface area contributed by atoms with E-state index in [2.05, 4.69) is 55.3 Å². The van der Waals surface area contributed by atoms with Gasteiger partial charge in [-0.25, -0.2) is 0 Å². The van der Waals surface area contributed by atoms with Gasteiger partial charge in [-0.05, 0) is 37.4 Å². The van der Waals surface area contributed by atoms with E-state index in [1.54, 1.807) is 0 Å². The topological polar surface area (TPSA) is 24.5 Å². The van der Waals surface area contributed by atoms with E-state index in [9.17, 15) is 0 Å². The molecule has 3 nitrogen and oxygen atoms in total. The summed E-state index contributed by atoms with van der Waals surface area (Å²) in [5, 5.41) is 3.45. The van der Waals surface area contributed by atoms with Crippen molar-refractivity contribution < 1.29 is 4.74 Å². The summed E-state index contributed by atoms with van der Waals surface area (Å²) >= 11 is 0. The lowest BCUT2D eigenvalue weighted by molar-refractivity contribution is -0.0592. The molecule has 0 amide bonds. The number of ether oxygens (including phenoxy) is 1. The second-order valence-corrected chi connectivity index (χ2v) is 6.13. The molecule has 1 saturated heterocycles. The molecule has 1 aromatic carbocycles. The van der Waals surface area contributed by atoms with Gasteiger partial charge in [-0.2, -0.15) is 0 Å². The summed E-state index contributed by atoms with van der Waals surface area (Å²) in [4.78, 5) is 2.57. The SMILES string of the molecule is CCCNCc1ccc(CN2CC(C)OCC2CC)cc1. The molecule has 1 aliphatic heterocycles. The molecule has 0 radical (unpaired) electrons. The zero-order valence-electron chi connectivity index (χ0n) is 13.8. The van der Waals surface area contributed by atoms with Gasteiger partial charge >= 0.3 is 0 Å². The predicted octanol–water partition coefficient (Wildman–Crippen LogP) is 3.19. The summed E-state index contributed by atoms with van der Waals surface area (Å²) in [6, 6.07) is 9.61. The highest BCUT2D eigenvalue weighted by Crippen LogP contribution is 2.18. The normalized spacial score (nSPS) is 23.4. The molecule has 21 heavy (non-hydrogen) atoms. The lowest BCUT2D eigenvalue weighted by atomic mass is 10.1. The van der Waals surface area contributed by atoms with Crippen LogP contribution in [0.3, 0.4) is 0 Å². The molecule has 1 aliphatic rings. The molecule has 2 unspecified atom stereocenters. The minimum Gasteiger partial charge on any atom is -0.376 e. The molecule has 1 fully saturated rings. The number of hydrogen-bond acceptors (Lipinski definition) is 3. The molecular weight excluding hydrogens is 260 g/mol. The van der Waals surface area contributed by atoms with Gasteiger partial charge in [-0.15, -0.1) is 0 Å². The van der Waals surface area contributed by atoms with Crippen LogP contribution in [0.1, 0.15) is 44.7 Å². The fraction of sp³-hybridized carbons (Fsp3) is 0.667. The number of nitrogens with one attached hydrogen (secondary N) is 1. The van der Waals surface area contributed by atoms with Crippen molar-refractivity contribution in [1.82, 2.24) is 10.2 Å². The maximum atomic E-state index is 5.77. The average molecular weight is 290 g/mol. The van der Waals surface area contributed by atoms with Crippen LogP contribution in [0.5, 0.6) is 0 Å². The van der Waals surface area contributed by atoms with Crippen molar-refractivity contribution in [2.24, 2.45) is 0 Å². The summed E-state index contributed by atoms with van der Waals surface area (Å²) in [6.45, 7) is 11.6. The molecule has 0 aliphatic carbocycles. The van der Waals surface area contributed by atoms with E-state index in [1.807, 2.05) is 0 Å². The number of hydrogen-bond donors (Lipinski definition) is 1.